The van der Waals surface area contributed by atoms with Gasteiger partial charge in [-0.2, -0.15) is 0 Å². The fourth-order valence-electron chi connectivity index (χ4n) is 7.38. The molecule has 0 amide bonds. The Hall–Kier alpha value is -5.46. The summed E-state index contributed by atoms with van der Waals surface area (Å²) in [5.74, 6) is 4.59. The SMILES string of the molecule is CCOc1cc(CN2CCC(N(Nc3ncc(-c4ccc(OC)cc4)cn3)C3CCN(c4ncc(-c5ccc(OC)cc5)cn4)CC3)CC2)ccc1OC. The molecule has 0 unspecified atom stereocenters. The van der Waals surface area contributed by atoms with Crippen molar-refractivity contribution in [2.75, 3.05) is 64.4 Å². The van der Waals surface area contributed by atoms with Crippen LogP contribution in [0.2, 0.25) is 0 Å². The Morgan fingerprint density at radius 1 is 0.630 bits per heavy atom. The number of nitrogens with zero attached hydrogens (tertiary/aromatic N) is 7. The predicted molar refractivity (Wildman–Crippen MR) is 211 cm³/mol. The summed E-state index contributed by atoms with van der Waals surface area (Å²) in [7, 11) is 5.03. The van der Waals surface area contributed by atoms with E-state index < -0.39 is 0 Å². The van der Waals surface area contributed by atoms with Crippen molar-refractivity contribution in [2.45, 2.75) is 51.2 Å². The van der Waals surface area contributed by atoms with Crippen LogP contribution >= 0.6 is 0 Å². The van der Waals surface area contributed by atoms with E-state index in [0.717, 1.165) is 110 Å². The Balaban J connectivity index is 1.02. The van der Waals surface area contributed by atoms with E-state index in [0.29, 0.717) is 24.6 Å². The Kier molecular flexibility index (Phi) is 12.0. The van der Waals surface area contributed by atoms with E-state index in [1.807, 2.05) is 86.3 Å². The zero-order valence-electron chi connectivity index (χ0n) is 31.6. The number of methoxy groups -OCH3 is 3. The first-order chi connectivity index (χ1) is 26.5. The number of ether oxygens (including phenoxy) is 4. The number of piperidine rings is 2. The lowest BCUT2D eigenvalue weighted by molar-refractivity contribution is 0.0807. The van der Waals surface area contributed by atoms with Gasteiger partial charge < -0.3 is 23.8 Å². The second kappa shape index (κ2) is 17.6. The molecule has 4 heterocycles. The summed E-state index contributed by atoms with van der Waals surface area (Å²) in [5.41, 5.74) is 8.96. The van der Waals surface area contributed by atoms with Crippen molar-refractivity contribution in [1.29, 1.82) is 0 Å². The van der Waals surface area contributed by atoms with Crippen LogP contribution in [0.1, 0.15) is 38.2 Å². The molecule has 12 heteroatoms. The molecule has 282 valence electrons. The van der Waals surface area contributed by atoms with Crippen LogP contribution in [-0.2, 0) is 6.54 Å². The molecule has 0 radical (unpaired) electrons. The first-order valence-corrected chi connectivity index (χ1v) is 18.8. The molecule has 5 aromatic rings. The fourth-order valence-corrected chi connectivity index (χ4v) is 7.38. The Labute approximate surface area is 318 Å². The highest BCUT2D eigenvalue weighted by atomic mass is 16.5. The lowest BCUT2D eigenvalue weighted by atomic mass is 9.98. The summed E-state index contributed by atoms with van der Waals surface area (Å²) >= 11 is 0. The molecule has 2 aliphatic rings. The number of nitrogens with one attached hydrogen (secondary N) is 1. The maximum Gasteiger partial charge on any atom is 0.237 e. The van der Waals surface area contributed by atoms with Gasteiger partial charge in [-0.15, -0.1) is 0 Å². The van der Waals surface area contributed by atoms with Gasteiger partial charge in [-0.1, -0.05) is 30.3 Å². The summed E-state index contributed by atoms with van der Waals surface area (Å²) in [4.78, 5) is 23.9. The second-order valence-corrected chi connectivity index (χ2v) is 13.7. The maximum atomic E-state index is 5.85. The largest absolute Gasteiger partial charge is 0.497 e. The molecule has 7 rings (SSSR count). The average Bonchev–Trinajstić information content (AvgIpc) is 3.24. The van der Waals surface area contributed by atoms with Crippen LogP contribution in [0.15, 0.2) is 91.5 Å². The Morgan fingerprint density at radius 3 is 1.69 bits per heavy atom. The van der Waals surface area contributed by atoms with Crippen LogP contribution in [0.3, 0.4) is 0 Å². The smallest absolute Gasteiger partial charge is 0.237 e. The zero-order chi connectivity index (χ0) is 37.3. The zero-order valence-corrected chi connectivity index (χ0v) is 31.6. The van der Waals surface area contributed by atoms with Gasteiger partial charge in [0.1, 0.15) is 11.5 Å². The number of likely N-dealkylation sites (tertiary alicyclic amines) is 1. The summed E-state index contributed by atoms with van der Waals surface area (Å²) < 4.78 is 22.0. The van der Waals surface area contributed by atoms with E-state index in [1.54, 1.807) is 21.3 Å². The molecule has 0 bridgehead atoms. The van der Waals surface area contributed by atoms with E-state index in [-0.39, 0.29) is 0 Å². The van der Waals surface area contributed by atoms with Crippen molar-refractivity contribution >= 4 is 11.9 Å². The maximum absolute atomic E-state index is 5.85. The molecule has 54 heavy (non-hydrogen) atoms. The minimum absolute atomic E-state index is 0.302. The van der Waals surface area contributed by atoms with Crippen LogP contribution in [0.5, 0.6) is 23.0 Å². The number of hydrazine groups is 1. The molecule has 1 N–H and O–H groups in total. The minimum atomic E-state index is 0.302. The molecular weight excluding hydrogens is 681 g/mol. The van der Waals surface area contributed by atoms with Crippen molar-refractivity contribution in [3.63, 3.8) is 0 Å². The van der Waals surface area contributed by atoms with E-state index in [1.165, 1.54) is 5.56 Å². The quantitative estimate of drug-likeness (QED) is 0.119. The molecule has 0 spiro atoms. The monoisotopic (exact) mass is 730 g/mol. The predicted octanol–water partition coefficient (Wildman–Crippen LogP) is 6.99. The van der Waals surface area contributed by atoms with Crippen LogP contribution in [0.25, 0.3) is 22.3 Å². The van der Waals surface area contributed by atoms with Gasteiger partial charge >= 0.3 is 0 Å². The molecular formula is C42H50N8O4. The number of hydrogen-bond acceptors (Lipinski definition) is 12. The topological polar surface area (TPSA) is 110 Å². The van der Waals surface area contributed by atoms with Crippen LogP contribution < -0.4 is 29.3 Å². The van der Waals surface area contributed by atoms with Gasteiger partial charge in [-0.3, -0.25) is 10.3 Å². The lowest BCUT2D eigenvalue weighted by Crippen LogP contribution is -2.54. The second-order valence-electron chi connectivity index (χ2n) is 13.7. The summed E-state index contributed by atoms with van der Waals surface area (Å²) in [6.07, 6.45) is 11.6. The number of anilines is 2. The van der Waals surface area contributed by atoms with Crippen molar-refractivity contribution in [2.24, 2.45) is 0 Å². The average molecular weight is 731 g/mol. The third-order valence-corrected chi connectivity index (χ3v) is 10.4. The molecule has 0 atom stereocenters. The fraction of sp³-hybridized carbons (Fsp3) is 0.381. The van der Waals surface area contributed by atoms with Gasteiger partial charge in [0, 0.05) is 80.7 Å². The van der Waals surface area contributed by atoms with Gasteiger partial charge in [0.05, 0.1) is 27.9 Å². The number of aromatic nitrogens is 4. The van der Waals surface area contributed by atoms with Gasteiger partial charge in [-0.05, 0) is 85.7 Å². The van der Waals surface area contributed by atoms with Gasteiger partial charge in [0.25, 0.3) is 0 Å². The number of benzene rings is 3. The molecule has 12 nitrogen and oxygen atoms in total. The Morgan fingerprint density at radius 2 is 1.17 bits per heavy atom. The molecule has 0 saturated carbocycles. The molecule has 2 aromatic heterocycles. The van der Waals surface area contributed by atoms with Gasteiger partial charge in [0.15, 0.2) is 11.5 Å². The van der Waals surface area contributed by atoms with Crippen LogP contribution in [-0.4, -0.2) is 96.0 Å². The molecule has 2 aliphatic heterocycles. The third kappa shape index (κ3) is 8.83. The first kappa shape index (κ1) is 36.9. The van der Waals surface area contributed by atoms with E-state index in [9.17, 15) is 0 Å². The number of rotatable bonds is 14. The molecule has 3 aromatic carbocycles. The lowest BCUT2D eigenvalue weighted by Gasteiger charge is -2.45. The first-order valence-electron chi connectivity index (χ1n) is 18.8. The van der Waals surface area contributed by atoms with E-state index in [4.69, 9.17) is 38.9 Å². The summed E-state index contributed by atoms with van der Waals surface area (Å²) in [5, 5.41) is 2.45. The highest BCUT2D eigenvalue weighted by Crippen LogP contribution is 2.31. The van der Waals surface area contributed by atoms with Crippen molar-refractivity contribution in [3.8, 4) is 45.3 Å². The van der Waals surface area contributed by atoms with Crippen LogP contribution in [0.4, 0.5) is 11.9 Å². The summed E-state index contributed by atoms with van der Waals surface area (Å²) in [6, 6.07) is 22.8. The normalized spacial score (nSPS) is 15.6. The Bertz CT molecular complexity index is 1910. The molecule has 2 saturated heterocycles. The van der Waals surface area contributed by atoms with Crippen molar-refractivity contribution in [3.05, 3.63) is 97.1 Å². The van der Waals surface area contributed by atoms with E-state index in [2.05, 4.69) is 32.4 Å². The van der Waals surface area contributed by atoms with Crippen molar-refractivity contribution in [1.82, 2.24) is 29.8 Å². The molecule has 0 aliphatic carbocycles. The van der Waals surface area contributed by atoms with Gasteiger partial charge in [-0.25, -0.2) is 24.9 Å². The molecule has 2 fully saturated rings. The minimum Gasteiger partial charge on any atom is -0.497 e. The summed E-state index contributed by atoms with van der Waals surface area (Å²) in [6.45, 7) is 7.17. The highest BCUT2D eigenvalue weighted by Gasteiger charge is 2.33. The standard InChI is InChI=1S/C42H50N8O4/c1-5-54-40-24-30(6-15-39(40)53-4)29-48-20-16-35(17-21-48)50(47-41-43-25-33(26-44-41)31-7-11-37(51-2)12-8-31)36-18-22-49(23-19-36)42-45-27-34(28-46-42)32-9-13-38(52-3)14-10-32/h6-15,24-28,35-36H,5,16-23,29H2,1-4H3,(H,43,44,47). The highest BCUT2D eigenvalue weighted by molar-refractivity contribution is 5.64. The van der Waals surface area contributed by atoms with Crippen molar-refractivity contribution < 1.29 is 18.9 Å². The number of hydrogen-bond donors (Lipinski definition) is 1. The third-order valence-electron chi connectivity index (χ3n) is 10.4. The van der Waals surface area contributed by atoms with Gasteiger partial charge in [0.2, 0.25) is 11.9 Å². The van der Waals surface area contributed by atoms with E-state index >= 15 is 0 Å². The van der Waals surface area contributed by atoms with Crippen LogP contribution in [0, 0.1) is 0 Å².